The van der Waals surface area contributed by atoms with Crippen LogP contribution in [-0.4, -0.2) is 25.2 Å². The molecule has 38 heavy (non-hydrogen) atoms. The average Bonchev–Trinajstić information content (AvgIpc) is 2.91. The Hall–Kier alpha value is -1.06. The minimum atomic E-state index is -0.351. The van der Waals surface area contributed by atoms with Gasteiger partial charge in [-0.1, -0.05) is 162 Å². The molecule has 0 aromatic carbocycles. The van der Waals surface area contributed by atoms with Gasteiger partial charge in [-0.3, -0.25) is 9.59 Å². The van der Waals surface area contributed by atoms with E-state index in [-0.39, 0.29) is 24.3 Å². The van der Waals surface area contributed by atoms with E-state index in [0.717, 1.165) is 44.9 Å². The number of hydrogen-bond acceptors (Lipinski definition) is 4. The van der Waals surface area contributed by atoms with Gasteiger partial charge in [-0.15, -0.1) is 0 Å². The zero-order chi connectivity index (χ0) is 27.9. The fourth-order valence-electron chi connectivity index (χ4n) is 5.04. The lowest BCUT2D eigenvalue weighted by Crippen LogP contribution is -2.23. The Balaban J connectivity index is 3.97. The number of esters is 2. The highest BCUT2D eigenvalue weighted by atomic mass is 16.5. The first-order valence-corrected chi connectivity index (χ1v) is 17.0. The van der Waals surface area contributed by atoms with Gasteiger partial charge in [-0.25, -0.2) is 0 Å². The molecule has 0 fully saturated rings. The molecule has 4 heteroatoms. The fourth-order valence-corrected chi connectivity index (χ4v) is 5.04. The van der Waals surface area contributed by atoms with Crippen LogP contribution in [0.3, 0.4) is 0 Å². The minimum absolute atomic E-state index is 0.167. The maximum Gasteiger partial charge on any atom is 0.309 e. The summed E-state index contributed by atoms with van der Waals surface area (Å²) in [5, 5.41) is 0. The molecule has 0 saturated heterocycles. The molecular formula is C34H66O4. The highest BCUT2D eigenvalue weighted by Crippen LogP contribution is 2.19. The lowest BCUT2D eigenvalue weighted by atomic mass is 9.97. The van der Waals surface area contributed by atoms with Crippen molar-refractivity contribution in [2.45, 2.75) is 188 Å². The van der Waals surface area contributed by atoms with E-state index in [9.17, 15) is 9.59 Å². The maximum atomic E-state index is 12.7. The Morgan fingerprint density at radius 1 is 0.447 bits per heavy atom. The summed E-state index contributed by atoms with van der Waals surface area (Å²) in [5.74, 6) is -0.799. The van der Waals surface area contributed by atoms with Crippen molar-refractivity contribution in [2.75, 3.05) is 13.2 Å². The highest BCUT2D eigenvalue weighted by molar-refractivity contribution is 5.79. The second-order valence-electron chi connectivity index (χ2n) is 11.5. The van der Waals surface area contributed by atoms with Crippen LogP contribution in [-0.2, 0) is 19.1 Å². The van der Waals surface area contributed by atoms with E-state index >= 15 is 0 Å². The van der Waals surface area contributed by atoms with E-state index in [4.69, 9.17) is 9.47 Å². The van der Waals surface area contributed by atoms with Gasteiger partial charge in [-0.2, -0.15) is 0 Å². The Morgan fingerprint density at radius 2 is 0.789 bits per heavy atom. The number of carbonyl (C=O) groups is 2. The van der Waals surface area contributed by atoms with Gasteiger partial charge in [-0.05, 0) is 19.3 Å². The molecule has 0 radical (unpaired) electrons. The van der Waals surface area contributed by atoms with Crippen LogP contribution in [0.15, 0.2) is 0 Å². The van der Waals surface area contributed by atoms with E-state index in [1.165, 1.54) is 116 Å². The van der Waals surface area contributed by atoms with Crippen molar-refractivity contribution in [1.29, 1.82) is 0 Å². The predicted molar refractivity (Wildman–Crippen MR) is 162 cm³/mol. The van der Waals surface area contributed by atoms with E-state index in [2.05, 4.69) is 20.8 Å². The molecule has 0 aliphatic heterocycles. The predicted octanol–water partition coefficient (Wildman–Crippen LogP) is 10.9. The lowest BCUT2D eigenvalue weighted by Gasteiger charge is -2.16. The van der Waals surface area contributed by atoms with E-state index < -0.39 is 0 Å². The molecule has 0 aromatic rings. The topological polar surface area (TPSA) is 52.6 Å². The molecule has 0 aliphatic rings. The molecule has 0 saturated carbocycles. The summed E-state index contributed by atoms with van der Waals surface area (Å²) in [6.07, 6.45) is 30.9. The zero-order valence-electron chi connectivity index (χ0n) is 26.0. The van der Waals surface area contributed by atoms with Crippen molar-refractivity contribution >= 4 is 11.9 Å². The van der Waals surface area contributed by atoms with Crippen LogP contribution in [0, 0.1) is 5.92 Å². The molecule has 0 aliphatic carbocycles. The maximum absolute atomic E-state index is 12.7. The van der Waals surface area contributed by atoms with Crippen molar-refractivity contribution in [1.82, 2.24) is 0 Å². The van der Waals surface area contributed by atoms with Gasteiger partial charge in [0.1, 0.15) is 0 Å². The van der Waals surface area contributed by atoms with Gasteiger partial charge < -0.3 is 9.47 Å². The number of rotatable bonds is 30. The van der Waals surface area contributed by atoms with Gasteiger partial charge in [0.25, 0.3) is 0 Å². The van der Waals surface area contributed by atoms with Crippen LogP contribution in [0.4, 0.5) is 0 Å². The van der Waals surface area contributed by atoms with Crippen LogP contribution < -0.4 is 0 Å². The molecule has 0 spiro atoms. The smallest absolute Gasteiger partial charge is 0.309 e. The first kappa shape index (κ1) is 36.9. The summed E-state index contributed by atoms with van der Waals surface area (Å²) >= 11 is 0. The second kappa shape index (κ2) is 30.5. The molecule has 1 atom stereocenters. The Bertz CT molecular complexity index is 505. The van der Waals surface area contributed by atoms with Crippen molar-refractivity contribution in [3.63, 3.8) is 0 Å². The summed E-state index contributed by atoms with van der Waals surface area (Å²) in [6.45, 7) is 7.57. The van der Waals surface area contributed by atoms with Crippen LogP contribution in [0.1, 0.15) is 188 Å². The Labute approximate surface area is 237 Å². The quantitative estimate of drug-likeness (QED) is 0.0674. The summed E-state index contributed by atoms with van der Waals surface area (Å²) < 4.78 is 11.0. The second-order valence-corrected chi connectivity index (χ2v) is 11.5. The lowest BCUT2D eigenvalue weighted by molar-refractivity contribution is -0.155. The largest absolute Gasteiger partial charge is 0.466 e. The summed E-state index contributed by atoms with van der Waals surface area (Å²) in [6, 6.07) is 0. The van der Waals surface area contributed by atoms with Crippen molar-refractivity contribution < 1.29 is 19.1 Å². The standard InChI is InChI=1S/C34H66O4/c1-4-7-10-13-14-15-16-17-18-19-20-21-22-23-24-25-28-32(34(36)38-30-27-12-9-6-3)31-33(35)37-29-26-11-8-5-2/h32H,4-31H2,1-3H3. The normalized spacial score (nSPS) is 12.0. The third-order valence-corrected chi connectivity index (χ3v) is 7.66. The number of carbonyl (C=O) groups excluding carboxylic acids is 2. The van der Waals surface area contributed by atoms with Crippen LogP contribution >= 0.6 is 0 Å². The highest BCUT2D eigenvalue weighted by Gasteiger charge is 2.24. The van der Waals surface area contributed by atoms with E-state index in [0.29, 0.717) is 13.2 Å². The zero-order valence-corrected chi connectivity index (χ0v) is 26.0. The van der Waals surface area contributed by atoms with Gasteiger partial charge in [0.05, 0.1) is 25.6 Å². The molecule has 226 valence electrons. The molecule has 0 rings (SSSR count). The first-order valence-electron chi connectivity index (χ1n) is 17.0. The molecule has 0 N–H and O–H groups in total. The van der Waals surface area contributed by atoms with E-state index in [1.807, 2.05) is 0 Å². The molecule has 0 bridgehead atoms. The molecule has 1 unspecified atom stereocenters. The summed E-state index contributed by atoms with van der Waals surface area (Å²) in [5.41, 5.74) is 0. The number of hydrogen-bond donors (Lipinski definition) is 0. The van der Waals surface area contributed by atoms with Gasteiger partial charge >= 0.3 is 11.9 Å². The molecule has 0 aromatic heterocycles. The van der Waals surface area contributed by atoms with Gasteiger partial charge in [0, 0.05) is 0 Å². The van der Waals surface area contributed by atoms with Crippen molar-refractivity contribution in [3.8, 4) is 0 Å². The summed E-state index contributed by atoms with van der Waals surface area (Å²) in [7, 11) is 0. The van der Waals surface area contributed by atoms with Crippen LogP contribution in [0.5, 0.6) is 0 Å². The fraction of sp³-hybridized carbons (Fsp3) is 0.941. The third kappa shape index (κ3) is 26.5. The van der Waals surface area contributed by atoms with Gasteiger partial charge in [0.2, 0.25) is 0 Å². The number of unbranched alkanes of at least 4 members (excludes halogenated alkanes) is 21. The Kier molecular flexibility index (Phi) is 29.6. The van der Waals surface area contributed by atoms with Crippen LogP contribution in [0.2, 0.25) is 0 Å². The van der Waals surface area contributed by atoms with E-state index in [1.54, 1.807) is 0 Å². The number of ether oxygens (including phenoxy) is 2. The molecule has 0 amide bonds. The van der Waals surface area contributed by atoms with Crippen LogP contribution in [0.25, 0.3) is 0 Å². The monoisotopic (exact) mass is 538 g/mol. The third-order valence-electron chi connectivity index (χ3n) is 7.66. The molecule has 4 nitrogen and oxygen atoms in total. The van der Waals surface area contributed by atoms with Crippen molar-refractivity contribution in [2.24, 2.45) is 5.92 Å². The molecular weight excluding hydrogens is 472 g/mol. The van der Waals surface area contributed by atoms with Crippen molar-refractivity contribution in [3.05, 3.63) is 0 Å². The Morgan fingerprint density at radius 3 is 1.21 bits per heavy atom. The average molecular weight is 539 g/mol. The minimum Gasteiger partial charge on any atom is -0.466 e. The summed E-state index contributed by atoms with van der Waals surface area (Å²) in [4.78, 5) is 25.0. The first-order chi connectivity index (χ1) is 18.7. The van der Waals surface area contributed by atoms with Gasteiger partial charge in [0.15, 0.2) is 0 Å². The SMILES string of the molecule is CCCCCCCCCCCCCCCCCCC(CC(=O)OCCCCCC)C(=O)OCCCCCC. The molecule has 0 heterocycles.